The van der Waals surface area contributed by atoms with Crippen molar-refractivity contribution < 1.29 is 14.6 Å². The first-order valence-corrected chi connectivity index (χ1v) is 12.1. The number of alkyl halides is 1. The highest BCUT2D eigenvalue weighted by Gasteiger charge is 2.40. The van der Waals surface area contributed by atoms with Gasteiger partial charge in [0.2, 0.25) is 0 Å². The third kappa shape index (κ3) is 6.35. The molecule has 8 heteroatoms. The standard InChI is InChI=1S/C22H26Cl3NO3S/c23-14-8-13(9-15(24)10-14)4-6-18-17(19(25)11-20(18)27)3-1-2-16-5-7-21(30-16)22(28)29-12-26/h5,7-10,17-20,27H,1-4,6,11-12,26H2/t17-,18-,19?,20-/m1/s1. The van der Waals surface area contributed by atoms with Gasteiger partial charge in [-0.3, -0.25) is 5.73 Å². The third-order valence-corrected chi connectivity index (χ3v) is 7.77. The van der Waals surface area contributed by atoms with E-state index in [9.17, 15) is 9.90 Å². The maximum atomic E-state index is 11.7. The Balaban J connectivity index is 1.54. The largest absolute Gasteiger partial charge is 0.446 e. The highest BCUT2D eigenvalue weighted by Crippen LogP contribution is 2.42. The molecule has 0 aliphatic heterocycles. The van der Waals surface area contributed by atoms with Crippen LogP contribution in [-0.2, 0) is 17.6 Å². The van der Waals surface area contributed by atoms with Gasteiger partial charge in [0.05, 0.1) is 6.10 Å². The molecule has 3 N–H and O–H groups in total. The highest BCUT2D eigenvalue weighted by molar-refractivity contribution is 7.13. The molecule has 1 aromatic heterocycles. The van der Waals surface area contributed by atoms with Crippen LogP contribution in [0.1, 0.15) is 45.8 Å². The molecule has 3 rings (SSSR count). The predicted octanol–water partition coefficient (Wildman–Crippen LogP) is 5.69. The molecule has 164 valence electrons. The van der Waals surface area contributed by atoms with Crippen LogP contribution in [0.3, 0.4) is 0 Å². The SMILES string of the molecule is NCOC(=O)c1ccc(CCC[C@H]2C(Cl)C[C@@H](O)[C@@H]2CCc2cc(Cl)cc(Cl)c2)s1. The van der Waals surface area contributed by atoms with Crippen LogP contribution >= 0.6 is 46.1 Å². The Hall–Kier alpha value is -0.820. The zero-order valence-corrected chi connectivity index (χ0v) is 19.6. The number of rotatable bonds is 9. The Morgan fingerprint density at radius 1 is 1.13 bits per heavy atom. The number of nitrogens with two attached hydrogens (primary N) is 1. The molecule has 0 radical (unpaired) electrons. The lowest BCUT2D eigenvalue weighted by atomic mass is 9.85. The predicted molar refractivity (Wildman–Crippen MR) is 124 cm³/mol. The minimum atomic E-state index is -0.383. The first-order chi connectivity index (χ1) is 14.4. The molecule has 0 amide bonds. The number of benzene rings is 1. The van der Waals surface area contributed by atoms with Crippen LogP contribution in [-0.4, -0.2) is 29.3 Å². The molecule has 1 aliphatic rings. The fourth-order valence-corrected chi connectivity index (χ4v) is 6.31. The van der Waals surface area contributed by atoms with Crippen LogP contribution in [0.5, 0.6) is 0 Å². The van der Waals surface area contributed by atoms with Crippen molar-refractivity contribution in [2.75, 3.05) is 6.73 Å². The van der Waals surface area contributed by atoms with Crippen LogP contribution in [0, 0.1) is 11.8 Å². The Kier molecular flexibility index (Phi) is 8.87. The average Bonchev–Trinajstić information content (AvgIpc) is 3.24. The number of aliphatic hydroxyl groups is 1. The number of thiophene rings is 1. The maximum Gasteiger partial charge on any atom is 0.349 e. The minimum Gasteiger partial charge on any atom is -0.446 e. The molecule has 1 aliphatic carbocycles. The van der Waals surface area contributed by atoms with Crippen molar-refractivity contribution in [1.82, 2.24) is 0 Å². The molecule has 1 fully saturated rings. The van der Waals surface area contributed by atoms with E-state index >= 15 is 0 Å². The van der Waals surface area contributed by atoms with Crippen LogP contribution in [0.25, 0.3) is 0 Å². The molecule has 4 nitrogen and oxygen atoms in total. The molecule has 1 aromatic carbocycles. The summed E-state index contributed by atoms with van der Waals surface area (Å²) in [7, 11) is 0. The summed E-state index contributed by atoms with van der Waals surface area (Å²) in [6, 6.07) is 9.30. The smallest absolute Gasteiger partial charge is 0.349 e. The van der Waals surface area contributed by atoms with E-state index in [1.165, 1.54) is 11.3 Å². The van der Waals surface area contributed by atoms with Crippen molar-refractivity contribution in [1.29, 1.82) is 0 Å². The normalized spacial score (nSPS) is 23.6. The monoisotopic (exact) mass is 489 g/mol. The lowest BCUT2D eigenvalue weighted by Crippen LogP contribution is -2.21. The summed E-state index contributed by atoms with van der Waals surface area (Å²) in [5.74, 6) is 0.0383. The van der Waals surface area contributed by atoms with Crippen molar-refractivity contribution in [2.24, 2.45) is 17.6 Å². The van der Waals surface area contributed by atoms with Gasteiger partial charge in [-0.2, -0.15) is 0 Å². The summed E-state index contributed by atoms with van der Waals surface area (Å²) < 4.78 is 4.83. The highest BCUT2D eigenvalue weighted by atomic mass is 35.5. The summed E-state index contributed by atoms with van der Waals surface area (Å²) in [4.78, 5) is 13.4. The maximum absolute atomic E-state index is 11.7. The molecule has 2 aromatic rings. The van der Waals surface area contributed by atoms with Crippen LogP contribution in [0.2, 0.25) is 10.0 Å². The number of ether oxygens (including phenoxy) is 1. The molecular formula is C22H26Cl3NO3S. The van der Waals surface area contributed by atoms with E-state index in [1.807, 2.05) is 18.2 Å². The van der Waals surface area contributed by atoms with E-state index in [2.05, 4.69) is 0 Å². The van der Waals surface area contributed by atoms with Crippen LogP contribution in [0.4, 0.5) is 0 Å². The summed E-state index contributed by atoms with van der Waals surface area (Å²) >= 11 is 20.2. The first kappa shape index (κ1) is 23.8. The van der Waals surface area contributed by atoms with Crippen LogP contribution < -0.4 is 5.73 Å². The van der Waals surface area contributed by atoms with Gasteiger partial charge < -0.3 is 9.84 Å². The lowest BCUT2D eigenvalue weighted by Gasteiger charge is -2.23. The second-order valence-electron chi connectivity index (χ2n) is 7.72. The first-order valence-electron chi connectivity index (χ1n) is 10.1. The number of carbonyl (C=O) groups is 1. The fraction of sp³-hybridized carbons (Fsp3) is 0.500. The number of aliphatic hydroxyl groups excluding tert-OH is 1. The van der Waals surface area contributed by atoms with Gasteiger partial charge in [0.1, 0.15) is 11.6 Å². The lowest BCUT2D eigenvalue weighted by molar-refractivity contribution is 0.0521. The zero-order valence-electron chi connectivity index (χ0n) is 16.5. The molecule has 0 bridgehead atoms. The van der Waals surface area contributed by atoms with E-state index in [1.54, 1.807) is 12.1 Å². The molecule has 4 atom stereocenters. The molecule has 30 heavy (non-hydrogen) atoms. The zero-order chi connectivity index (χ0) is 21.7. The molecule has 0 spiro atoms. The van der Waals surface area contributed by atoms with E-state index in [-0.39, 0.29) is 36.0 Å². The minimum absolute atomic E-state index is 0.0219. The number of carbonyl (C=O) groups excluding carboxylic acids is 1. The average molecular weight is 491 g/mol. The van der Waals surface area contributed by atoms with Gasteiger partial charge in [0.25, 0.3) is 0 Å². The van der Waals surface area contributed by atoms with Gasteiger partial charge >= 0.3 is 5.97 Å². The quantitative estimate of drug-likeness (QED) is 0.269. The van der Waals surface area contributed by atoms with Gasteiger partial charge in [0.15, 0.2) is 0 Å². The second kappa shape index (κ2) is 11.2. The topological polar surface area (TPSA) is 72.5 Å². The molecule has 1 saturated carbocycles. The van der Waals surface area contributed by atoms with Crippen molar-refractivity contribution >= 4 is 52.1 Å². The van der Waals surface area contributed by atoms with Crippen molar-refractivity contribution in [2.45, 2.75) is 50.0 Å². The molecular weight excluding hydrogens is 465 g/mol. The van der Waals surface area contributed by atoms with Gasteiger partial charge in [0, 0.05) is 20.3 Å². The van der Waals surface area contributed by atoms with Crippen molar-refractivity contribution in [3.05, 3.63) is 55.7 Å². The number of halogens is 3. The second-order valence-corrected chi connectivity index (χ2v) is 10.3. The number of hydrogen-bond acceptors (Lipinski definition) is 5. The number of esters is 1. The summed E-state index contributed by atoms with van der Waals surface area (Å²) in [5.41, 5.74) is 6.33. The van der Waals surface area contributed by atoms with Gasteiger partial charge in [-0.15, -0.1) is 22.9 Å². The van der Waals surface area contributed by atoms with E-state index in [4.69, 9.17) is 45.3 Å². The van der Waals surface area contributed by atoms with Crippen molar-refractivity contribution in [3.8, 4) is 0 Å². The van der Waals surface area contributed by atoms with E-state index < -0.39 is 0 Å². The summed E-state index contributed by atoms with van der Waals surface area (Å²) in [5, 5.41) is 11.8. The number of hydrogen-bond donors (Lipinski definition) is 2. The Morgan fingerprint density at radius 2 is 1.87 bits per heavy atom. The molecule has 1 heterocycles. The van der Waals surface area contributed by atoms with Crippen molar-refractivity contribution in [3.63, 3.8) is 0 Å². The molecule has 0 saturated heterocycles. The fourth-order valence-electron chi connectivity index (χ4n) is 4.30. The Bertz CT molecular complexity index is 840. The summed E-state index contributed by atoms with van der Waals surface area (Å²) in [6.07, 6.45) is 4.65. The van der Waals surface area contributed by atoms with E-state index in [0.29, 0.717) is 21.3 Å². The van der Waals surface area contributed by atoms with E-state index in [0.717, 1.165) is 42.5 Å². The van der Waals surface area contributed by atoms with Gasteiger partial charge in [-0.1, -0.05) is 23.2 Å². The summed E-state index contributed by atoms with van der Waals surface area (Å²) in [6.45, 7) is -0.115. The van der Waals surface area contributed by atoms with Crippen LogP contribution in [0.15, 0.2) is 30.3 Å². The van der Waals surface area contributed by atoms with Gasteiger partial charge in [-0.25, -0.2) is 4.79 Å². The van der Waals surface area contributed by atoms with Gasteiger partial charge in [-0.05, 0) is 86.3 Å². The Morgan fingerprint density at radius 3 is 2.57 bits per heavy atom. The third-order valence-electron chi connectivity index (χ3n) is 5.70. The Labute approximate surface area is 196 Å². The number of aryl methyl sites for hydroxylation is 2. The molecule has 1 unspecified atom stereocenters.